The summed E-state index contributed by atoms with van der Waals surface area (Å²) in [7, 11) is 0. The van der Waals surface area contributed by atoms with Crippen molar-refractivity contribution in [1.29, 1.82) is 0 Å². The third-order valence-electron chi connectivity index (χ3n) is 2.77. The fourth-order valence-electron chi connectivity index (χ4n) is 1.89. The van der Waals surface area contributed by atoms with Gasteiger partial charge in [-0.15, -0.1) is 0 Å². The molecule has 1 heterocycles. The highest BCUT2D eigenvalue weighted by molar-refractivity contribution is 6.32. The number of benzene rings is 2. The second-order valence-corrected chi connectivity index (χ2v) is 4.95. The number of fused-ring (bicyclic) bond motifs is 1. The number of rotatable bonds is 1. The van der Waals surface area contributed by atoms with Gasteiger partial charge in [0.2, 0.25) is 0 Å². The number of hydrogen-bond donors (Lipinski definition) is 2. The number of imidazole rings is 1. The van der Waals surface area contributed by atoms with E-state index >= 15 is 0 Å². The van der Waals surface area contributed by atoms with Gasteiger partial charge in [-0.2, -0.15) is 0 Å². The van der Waals surface area contributed by atoms with Gasteiger partial charge < -0.3 is 10.7 Å². The molecule has 0 aliphatic rings. The molecule has 0 aliphatic carbocycles. The fraction of sp³-hybridized carbons (Fsp3) is 0. The third-order valence-corrected chi connectivity index (χ3v) is 3.28. The van der Waals surface area contributed by atoms with Crippen LogP contribution in [0.25, 0.3) is 22.4 Å². The van der Waals surface area contributed by atoms with Crippen LogP contribution in [0.2, 0.25) is 10.0 Å². The molecule has 6 heteroatoms. The first-order chi connectivity index (χ1) is 9.04. The minimum absolute atomic E-state index is 0.0453. The Morgan fingerprint density at radius 2 is 1.95 bits per heavy atom. The summed E-state index contributed by atoms with van der Waals surface area (Å²) in [5.41, 5.74) is 8.36. The Hall–Kier alpha value is -1.78. The van der Waals surface area contributed by atoms with Gasteiger partial charge in [0.15, 0.2) is 0 Å². The quantitative estimate of drug-likeness (QED) is 0.659. The molecular weight excluding hydrogens is 288 g/mol. The zero-order chi connectivity index (χ0) is 13.6. The first-order valence-corrected chi connectivity index (χ1v) is 6.20. The smallest absolute Gasteiger partial charge is 0.141 e. The second kappa shape index (κ2) is 4.40. The molecule has 0 radical (unpaired) electrons. The molecule has 0 spiro atoms. The second-order valence-electron chi connectivity index (χ2n) is 4.11. The van der Waals surface area contributed by atoms with Crippen molar-refractivity contribution in [3.05, 3.63) is 46.2 Å². The lowest BCUT2D eigenvalue weighted by atomic mass is 10.2. The maximum absolute atomic E-state index is 13.1. The fourth-order valence-corrected chi connectivity index (χ4v) is 2.30. The van der Waals surface area contributed by atoms with Crippen molar-refractivity contribution < 1.29 is 4.39 Å². The topological polar surface area (TPSA) is 54.7 Å². The Morgan fingerprint density at radius 3 is 2.68 bits per heavy atom. The van der Waals surface area contributed by atoms with E-state index in [9.17, 15) is 4.39 Å². The largest absolute Gasteiger partial charge is 0.397 e. The lowest BCUT2D eigenvalue weighted by molar-refractivity contribution is 0.628. The monoisotopic (exact) mass is 295 g/mol. The average molecular weight is 296 g/mol. The minimum Gasteiger partial charge on any atom is -0.397 e. The van der Waals surface area contributed by atoms with Crippen molar-refractivity contribution in [3.63, 3.8) is 0 Å². The number of anilines is 1. The van der Waals surface area contributed by atoms with E-state index < -0.39 is 5.82 Å². The van der Waals surface area contributed by atoms with Crippen molar-refractivity contribution in [1.82, 2.24) is 9.97 Å². The van der Waals surface area contributed by atoms with Crippen LogP contribution < -0.4 is 5.73 Å². The summed E-state index contributed by atoms with van der Waals surface area (Å²) in [5.74, 6) is 0.0925. The van der Waals surface area contributed by atoms with Crippen LogP contribution in [0.3, 0.4) is 0 Å². The van der Waals surface area contributed by atoms with Crippen molar-refractivity contribution >= 4 is 39.9 Å². The van der Waals surface area contributed by atoms with E-state index in [0.717, 1.165) is 5.52 Å². The maximum atomic E-state index is 13.1. The molecule has 0 saturated heterocycles. The summed E-state index contributed by atoms with van der Waals surface area (Å²) in [5, 5.41) is 0.571. The Labute approximate surface area is 118 Å². The number of aromatic amines is 1. The van der Waals surface area contributed by atoms with Crippen LogP contribution in [-0.2, 0) is 0 Å². The van der Waals surface area contributed by atoms with Crippen molar-refractivity contribution in [3.8, 4) is 11.4 Å². The van der Waals surface area contributed by atoms with Gasteiger partial charge in [-0.3, -0.25) is 0 Å². The first kappa shape index (κ1) is 12.3. The highest BCUT2D eigenvalue weighted by Crippen LogP contribution is 2.29. The molecule has 2 aromatic carbocycles. The van der Waals surface area contributed by atoms with Crippen LogP contribution in [0.1, 0.15) is 0 Å². The number of nitrogens with two attached hydrogens (primary N) is 1. The number of H-pyrrole nitrogens is 1. The minimum atomic E-state index is -0.468. The summed E-state index contributed by atoms with van der Waals surface area (Å²) in [6, 6.07) is 7.76. The first-order valence-electron chi connectivity index (χ1n) is 5.45. The number of hydrogen-bond acceptors (Lipinski definition) is 2. The third kappa shape index (κ3) is 2.13. The van der Waals surface area contributed by atoms with Gasteiger partial charge >= 0.3 is 0 Å². The molecule has 0 fully saturated rings. The van der Waals surface area contributed by atoms with E-state index in [-0.39, 0.29) is 5.02 Å². The van der Waals surface area contributed by atoms with Gasteiger partial charge in [-0.25, -0.2) is 9.37 Å². The molecule has 0 saturated carbocycles. The Morgan fingerprint density at radius 1 is 1.16 bits per heavy atom. The molecular formula is C13H8Cl2FN3. The van der Waals surface area contributed by atoms with Gasteiger partial charge in [0, 0.05) is 10.6 Å². The van der Waals surface area contributed by atoms with Crippen molar-refractivity contribution in [2.24, 2.45) is 0 Å². The molecule has 0 unspecified atom stereocenters. The van der Waals surface area contributed by atoms with Gasteiger partial charge in [0.25, 0.3) is 0 Å². The summed E-state index contributed by atoms with van der Waals surface area (Å²) < 4.78 is 13.1. The zero-order valence-electron chi connectivity index (χ0n) is 9.55. The lowest BCUT2D eigenvalue weighted by Crippen LogP contribution is -1.86. The standard InChI is InChI=1S/C13H8Cl2FN3/c14-7-4-10(17)12-11(5-7)18-13(19-12)6-1-2-9(16)8(15)3-6/h1-5H,17H2,(H,18,19). The van der Waals surface area contributed by atoms with E-state index in [4.69, 9.17) is 28.9 Å². The van der Waals surface area contributed by atoms with Gasteiger partial charge in [-0.05, 0) is 30.3 Å². The normalized spacial score (nSPS) is 11.1. The van der Waals surface area contributed by atoms with E-state index in [2.05, 4.69) is 9.97 Å². The van der Waals surface area contributed by atoms with E-state index in [0.29, 0.717) is 27.6 Å². The summed E-state index contributed by atoms with van der Waals surface area (Å²) in [6.07, 6.45) is 0. The Bertz CT molecular complexity index is 783. The highest BCUT2D eigenvalue weighted by atomic mass is 35.5. The van der Waals surface area contributed by atoms with Gasteiger partial charge in [-0.1, -0.05) is 23.2 Å². The number of nitrogens with zero attached hydrogens (tertiary/aromatic N) is 1. The summed E-state index contributed by atoms with van der Waals surface area (Å²) in [4.78, 5) is 7.46. The predicted octanol–water partition coefficient (Wildman–Crippen LogP) is 4.26. The van der Waals surface area contributed by atoms with Crippen LogP contribution in [0, 0.1) is 5.82 Å². The molecule has 1 aromatic heterocycles. The number of aromatic nitrogens is 2. The predicted molar refractivity (Wildman–Crippen MR) is 75.9 cm³/mol. The van der Waals surface area contributed by atoms with E-state index in [1.54, 1.807) is 18.2 Å². The van der Waals surface area contributed by atoms with Crippen LogP contribution in [0.4, 0.5) is 10.1 Å². The van der Waals surface area contributed by atoms with Crippen molar-refractivity contribution in [2.45, 2.75) is 0 Å². The molecule has 19 heavy (non-hydrogen) atoms. The molecule has 3 nitrogen and oxygen atoms in total. The molecule has 0 atom stereocenters. The number of nitrogen functional groups attached to an aromatic ring is 1. The molecule has 0 amide bonds. The number of nitrogens with one attached hydrogen (secondary N) is 1. The zero-order valence-corrected chi connectivity index (χ0v) is 11.1. The van der Waals surface area contributed by atoms with E-state index in [1.165, 1.54) is 12.1 Å². The molecule has 96 valence electrons. The van der Waals surface area contributed by atoms with Crippen LogP contribution in [-0.4, -0.2) is 9.97 Å². The SMILES string of the molecule is Nc1cc(Cl)cc2[nH]c(-c3ccc(F)c(Cl)c3)nc12. The van der Waals surface area contributed by atoms with Crippen LogP contribution in [0.15, 0.2) is 30.3 Å². The van der Waals surface area contributed by atoms with Crippen LogP contribution >= 0.6 is 23.2 Å². The Balaban J connectivity index is 2.20. The molecule has 0 aliphatic heterocycles. The van der Waals surface area contributed by atoms with E-state index in [1.807, 2.05) is 0 Å². The molecule has 3 aromatic rings. The lowest BCUT2D eigenvalue weighted by Gasteiger charge is -1.98. The highest BCUT2D eigenvalue weighted by Gasteiger charge is 2.10. The van der Waals surface area contributed by atoms with Crippen LogP contribution in [0.5, 0.6) is 0 Å². The maximum Gasteiger partial charge on any atom is 0.141 e. The Kier molecular flexibility index (Phi) is 2.84. The number of halogens is 3. The summed E-state index contributed by atoms with van der Waals surface area (Å²) >= 11 is 11.7. The molecule has 3 N–H and O–H groups in total. The average Bonchev–Trinajstić information content (AvgIpc) is 2.76. The van der Waals surface area contributed by atoms with Gasteiger partial charge in [0.1, 0.15) is 17.2 Å². The molecule has 0 bridgehead atoms. The summed E-state index contributed by atoms with van der Waals surface area (Å²) in [6.45, 7) is 0. The van der Waals surface area contributed by atoms with Gasteiger partial charge in [0.05, 0.1) is 16.2 Å². The van der Waals surface area contributed by atoms with Crippen molar-refractivity contribution in [2.75, 3.05) is 5.73 Å². The molecule has 3 rings (SSSR count).